The maximum atomic E-state index is 14.3. The van der Waals surface area contributed by atoms with Crippen molar-refractivity contribution in [2.45, 2.75) is 40.2 Å². The van der Waals surface area contributed by atoms with E-state index in [4.69, 9.17) is 4.99 Å². The molecule has 0 radical (unpaired) electrons. The van der Waals surface area contributed by atoms with E-state index in [0.29, 0.717) is 5.56 Å². The Morgan fingerprint density at radius 1 is 1.00 bits per heavy atom. The van der Waals surface area contributed by atoms with E-state index in [-0.39, 0.29) is 11.4 Å². The average molecular weight is 310 g/mol. The number of benzene rings is 2. The molecule has 120 valence electrons. The van der Waals surface area contributed by atoms with Crippen LogP contribution in [0.1, 0.15) is 41.7 Å². The van der Waals surface area contributed by atoms with E-state index < -0.39 is 0 Å². The van der Waals surface area contributed by atoms with E-state index in [9.17, 15) is 4.39 Å². The largest absolute Gasteiger partial charge is 0.350 e. The monoisotopic (exact) mass is 310 g/mol. The van der Waals surface area contributed by atoms with E-state index in [0.717, 1.165) is 33.8 Å². The van der Waals surface area contributed by atoms with Crippen LogP contribution in [0, 0.1) is 26.6 Å². The number of amidine groups is 1. The topological polar surface area (TPSA) is 15.6 Å². The Morgan fingerprint density at radius 3 is 2.35 bits per heavy atom. The molecule has 0 aromatic heterocycles. The maximum Gasteiger partial charge on any atom is 0.129 e. The first-order chi connectivity index (χ1) is 10.8. The third kappa shape index (κ3) is 2.10. The smallest absolute Gasteiger partial charge is 0.129 e. The highest BCUT2D eigenvalue weighted by Crippen LogP contribution is 2.45. The highest BCUT2D eigenvalue weighted by molar-refractivity contribution is 5.87. The van der Waals surface area contributed by atoms with Crippen molar-refractivity contribution in [2.75, 3.05) is 7.05 Å². The first-order valence-electron chi connectivity index (χ1n) is 7.94. The fraction of sp³-hybridized carbons (Fsp3) is 0.350. The van der Waals surface area contributed by atoms with Gasteiger partial charge in [0, 0.05) is 12.6 Å². The second-order valence-corrected chi connectivity index (χ2v) is 6.61. The number of hydrogen-bond donors (Lipinski definition) is 0. The third-order valence-electron chi connectivity index (χ3n) is 5.39. The van der Waals surface area contributed by atoms with Gasteiger partial charge in [0.15, 0.2) is 0 Å². The predicted molar refractivity (Wildman–Crippen MR) is 94.0 cm³/mol. The summed E-state index contributed by atoms with van der Waals surface area (Å²) >= 11 is 0. The number of halogens is 1. The zero-order valence-electron chi connectivity index (χ0n) is 14.7. The van der Waals surface area contributed by atoms with Gasteiger partial charge in [0.25, 0.3) is 0 Å². The van der Waals surface area contributed by atoms with Gasteiger partial charge in [0.1, 0.15) is 11.7 Å². The van der Waals surface area contributed by atoms with Gasteiger partial charge in [0.2, 0.25) is 0 Å². The molecule has 2 aromatic carbocycles. The van der Waals surface area contributed by atoms with E-state index in [1.165, 1.54) is 0 Å². The summed E-state index contributed by atoms with van der Waals surface area (Å²) in [6, 6.07) is 10.2. The van der Waals surface area contributed by atoms with Gasteiger partial charge >= 0.3 is 0 Å². The zero-order chi connectivity index (χ0) is 16.9. The first kappa shape index (κ1) is 15.7. The van der Waals surface area contributed by atoms with Crippen LogP contribution in [0.5, 0.6) is 0 Å². The van der Waals surface area contributed by atoms with Crippen molar-refractivity contribution in [2.24, 2.45) is 4.99 Å². The Bertz CT molecular complexity index is 823. The summed E-state index contributed by atoms with van der Waals surface area (Å²) in [5.41, 5.74) is 5.34. The van der Waals surface area contributed by atoms with Crippen LogP contribution in [0.3, 0.4) is 0 Å². The Morgan fingerprint density at radius 2 is 1.65 bits per heavy atom. The van der Waals surface area contributed by atoms with Crippen molar-refractivity contribution in [3.8, 4) is 0 Å². The molecular formula is C20H23FN2. The SMILES string of the molecule is CC1=Nc2ccccc2C(C)(c2cc(C)c(F)c(C)c2C)N1C. The standard InChI is InChI=1S/C20H23FN2/c1-12-11-17(13(2)14(3)19(12)21)20(5)16-9-7-8-10-18(16)22-15(4)23(20)6/h7-11H,1-6H3. The molecule has 0 saturated carbocycles. The number of aryl methyl sites for hydroxylation is 1. The lowest BCUT2D eigenvalue weighted by Gasteiger charge is -2.45. The summed E-state index contributed by atoms with van der Waals surface area (Å²) in [6.45, 7) is 9.93. The number of nitrogens with zero attached hydrogens (tertiary/aromatic N) is 2. The van der Waals surface area contributed by atoms with Gasteiger partial charge in [-0.2, -0.15) is 0 Å². The molecule has 0 spiro atoms. The molecule has 0 saturated heterocycles. The van der Waals surface area contributed by atoms with Crippen LogP contribution in [-0.4, -0.2) is 17.8 Å². The van der Waals surface area contributed by atoms with Gasteiger partial charge in [-0.3, -0.25) is 0 Å². The maximum absolute atomic E-state index is 14.3. The van der Waals surface area contributed by atoms with Crippen molar-refractivity contribution in [3.63, 3.8) is 0 Å². The van der Waals surface area contributed by atoms with Crippen molar-refractivity contribution in [3.05, 3.63) is 64.0 Å². The molecule has 1 aliphatic heterocycles. The summed E-state index contributed by atoms with van der Waals surface area (Å²) in [6.07, 6.45) is 0. The number of fused-ring (bicyclic) bond motifs is 1. The normalized spacial score (nSPS) is 20.3. The summed E-state index contributed by atoms with van der Waals surface area (Å²) in [7, 11) is 2.06. The number of hydrogen-bond acceptors (Lipinski definition) is 2. The van der Waals surface area contributed by atoms with Crippen LogP contribution in [0.2, 0.25) is 0 Å². The van der Waals surface area contributed by atoms with E-state index in [1.807, 2.05) is 52.0 Å². The van der Waals surface area contributed by atoms with Gasteiger partial charge in [-0.1, -0.05) is 24.3 Å². The summed E-state index contributed by atoms with van der Waals surface area (Å²) < 4.78 is 14.3. The number of rotatable bonds is 1. The van der Waals surface area contributed by atoms with Crippen LogP contribution in [0.4, 0.5) is 10.1 Å². The minimum absolute atomic E-state index is 0.105. The minimum atomic E-state index is -0.365. The van der Waals surface area contributed by atoms with Crippen LogP contribution >= 0.6 is 0 Å². The van der Waals surface area contributed by atoms with Crippen LogP contribution in [-0.2, 0) is 5.54 Å². The molecule has 1 atom stereocenters. The molecule has 3 heteroatoms. The number of aliphatic imine (C=N–C) groups is 1. The molecular weight excluding hydrogens is 287 g/mol. The molecule has 1 unspecified atom stereocenters. The highest BCUT2D eigenvalue weighted by atomic mass is 19.1. The van der Waals surface area contributed by atoms with Gasteiger partial charge in [0.05, 0.1) is 11.2 Å². The van der Waals surface area contributed by atoms with Crippen molar-refractivity contribution in [1.82, 2.24) is 4.90 Å². The second kappa shape index (κ2) is 5.19. The van der Waals surface area contributed by atoms with Gasteiger partial charge < -0.3 is 4.90 Å². The predicted octanol–water partition coefficient (Wildman–Crippen LogP) is 5.01. The van der Waals surface area contributed by atoms with Crippen molar-refractivity contribution in [1.29, 1.82) is 0 Å². The second-order valence-electron chi connectivity index (χ2n) is 6.61. The molecule has 1 aliphatic rings. The van der Waals surface area contributed by atoms with Crippen LogP contribution < -0.4 is 0 Å². The van der Waals surface area contributed by atoms with E-state index in [1.54, 1.807) is 0 Å². The van der Waals surface area contributed by atoms with Crippen LogP contribution in [0.25, 0.3) is 0 Å². The Kier molecular flexibility index (Phi) is 3.55. The lowest BCUT2D eigenvalue weighted by molar-refractivity contribution is 0.280. The third-order valence-corrected chi connectivity index (χ3v) is 5.39. The lowest BCUT2D eigenvalue weighted by atomic mass is 9.77. The molecule has 2 aromatic rings. The quantitative estimate of drug-likeness (QED) is 0.723. The number of para-hydroxylation sites is 1. The van der Waals surface area contributed by atoms with Crippen LogP contribution in [0.15, 0.2) is 35.3 Å². The zero-order valence-corrected chi connectivity index (χ0v) is 14.7. The molecule has 0 bridgehead atoms. The van der Waals surface area contributed by atoms with Crippen molar-refractivity contribution < 1.29 is 4.39 Å². The summed E-state index contributed by atoms with van der Waals surface area (Å²) in [5.74, 6) is 0.859. The molecule has 0 amide bonds. The fourth-order valence-corrected chi connectivity index (χ4v) is 3.62. The molecule has 0 aliphatic carbocycles. The average Bonchev–Trinajstić information content (AvgIpc) is 2.54. The molecule has 0 fully saturated rings. The van der Waals surface area contributed by atoms with E-state index in [2.05, 4.69) is 24.9 Å². The fourth-order valence-electron chi connectivity index (χ4n) is 3.62. The Balaban J connectivity index is 2.36. The van der Waals surface area contributed by atoms with Gasteiger partial charge in [-0.15, -0.1) is 0 Å². The van der Waals surface area contributed by atoms with Gasteiger partial charge in [-0.25, -0.2) is 9.38 Å². The summed E-state index contributed by atoms with van der Waals surface area (Å²) in [4.78, 5) is 6.90. The van der Waals surface area contributed by atoms with Crippen molar-refractivity contribution >= 4 is 11.5 Å². The Labute approximate surface area is 137 Å². The van der Waals surface area contributed by atoms with Gasteiger partial charge in [-0.05, 0) is 62.9 Å². The molecule has 2 nitrogen and oxygen atoms in total. The first-order valence-corrected chi connectivity index (χ1v) is 7.94. The molecule has 3 rings (SSSR count). The Hall–Kier alpha value is -2.16. The minimum Gasteiger partial charge on any atom is -0.350 e. The van der Waals surface area contributed by atoms with E-state index >= 15 is 0 Å². The molecule has 1 heterocycles. The summed E-state index contributed by atoms with van der Waals surface area (Å²) in [5, 5.41) is 0. The molecule has 0 N–H and O–H groups in total. The molecule has 23 heavy (non-hydrogen) atoms. The highest BCUT2D eigenvalue weighted by Gasteiger charge is 2.40. The lowest BCUT2D eigenvalue weighted by Crippen LogP contribution is -2.47.